The molecule has 0 unspecified atom stereocenters. The zero-order valence-electron chi connectivity index (χ0n) is 17.9. The Hall–Kier alpha value is -3.72. The maximum Gasteiger partial charge on any atom is 0.231 e. The number of aromatic nitrogens is 3. The van der Waals surface area contributed by atoms with Gasteiger partial charge in [0.15, 0.2) is 16.6 Å². The SMILES string of the molecule is COc1cc(CNc2nc(C)c(-c3ccn(-c4ccc5c(c4)OCO5)n3)s2)cc(OC)c1. The van der Waals surface area contributed by atoms with E-state index in [1.54, 1.807) is 25.6 Å². The van der Waals surface area contributed by atoms with Crippen molar-refractivity contribution >= 4 is 16.5 Å². The van der Waals surface area contributed by atoms with Crippen LogP contribution >= 0.6 is 11.3 Å². The third-order valence-corrected chi connectivity index (χ3v) is 6.23. The highest BCUT2D eigenvalue weighted by Crippen LogP contribution is 2.35. The highest BCUT2D eigenvalue weighted by atomic mass is 32.1. The van der Waals surface area contributed by atoms with Crippen LogP contribution in [-0.2, 0) is 6.54 Å². The van der Waals surface area contributed by atoms with E-state index in [9.17, 15) is 0 Å². The van der Waals surface area contributed by atoms with Crippen molar-refractivity contribution in [2.75, 3.05) is 26.3 Å². The Bertz CT molecular complexity index is 1240. The van der Waals surface area contributed by atoms with Gasteiger partial charge in [0.2, 0.25) is 6.79 Å². The molecule has 5 rings (SSSR count). The molecule has 9 heteroatoms. The Kier molecular flexibility index (Phi) is 5.32. The van der Waals surface area contributed by atoms with E-state index in [4.69, 9.17) is 24.0 Å². The van der Waals surface area contributed by atoms with Crippen LogP contribution in [0.4, 0.5) is 5.13 Å². The van der Waals surface area contributed by atoms with E-state index >= 15 is 0 Å². The van der Waals surface area contributed by atoms with Gasteiger partial charge >= 0.3 is 0 Å². The predicted octanol–water partition coefficient (Wildman–Crippen LogP) is 4.66. The van der Waals surface area contributed by atoms with Crippen molar-refractivity contribution in [3.8, 4) is 39.3 Å². The predicted molar refractivity (Wildman–Crippen MR) is 122 cm³/mol. The number of nitrogens with zero attached hydrogens (tertiary/aromatic N) is 3. The Morgan fingerprint density at radius 2 is 1.81 bits per heavy atom. The number of nitrogens with one attached hydrogen (secondary N) is 1. The van der Waals surface area contributed by atoms with Crippen LogP contribution in [-0.4, -0.2) is 35.8 Å². The van der Waals surface area contributed by atoms with Crippen LogP contribution in [0.5, 0.6) is 23.0 Å². The number of methoxy groups -OCH3 is 2. The summed E-state index contributed by atoms with van der Waals surface area (Å²) in [5.41, 5.74) is 3.75. The lowest BCUT2D eigenvalue weighted by Gasteiger charge is -2.08. The minimum Gasteiger partial charge on any atom is -0.497 e. The zero-order chi connectivity index (χ0) is 22.1. The number of aryl methyl sites for hydroxylation is 1. The maximum absolute atomic E-state index is 5.47. The van der Waals surface area contributed by atoms with Crippen molar-refractivity contribution in [3.05, 3.63) is 59.9 Å². The number of benzene rings is 2. The lowest BCUT2D eigenvalue weighted by Crippen LogP contribution is -2.00. The number of anilines is 1. The van der Waals surface area contributed by atoms with Gasteiger partial charge in [-0.2, -0.15) is 5.10 Å². The molecule has 0 saturated carbocycles. The molecule has 1 aliphatic rings. The van der Waals surface area contributed by atoms with Gasteiger partial charge in [-0.25, -0.2) is 9.67 Å². The first kappa shape index (κ1) is 20.2. The highest BCUT2D eigenvalue weighted by Gasteiger charge is 2.16. The van der Waals surface area contributed by atoms with Gasteiger partial charge < -0.3 is 24.3 Å². The molecule has 164 valence electrons. The molecule has 0 aliphatic carbocycles. The topological polar surface area (TPSA) is 79.7 Å². The van der Waals surface area contributed by atoms with E-state index in [1.165, 1.54) is 0 Å². The van der Waals surface area contributed by atoms with Gasteiger partial charge in [-0.3, -0.25) is 0 Å². The normalized spacial score (nSPS) is 12.1. The van der Waals surface area contributed by atoms with E-state index in [1.807, 2.05) is 60.3 Å². The summed E-state index contributed by atoms with van der Waals surface area (Å²) in [6.07, 6.45) is 1.93. The zero-order valence-corrected chi connectivity index (χ0v) is 18.7. The van der Waals surface area contributed by atoms with Crippen LogP contribution < -0.4 is 24.3 Å². The van der Waals surface area contributed by atoms with E-state index in [0.29, 0.717) is 6.54 Å². The molecular weight excluding hydrogens is 428 g/mol. The van der Waals surface area contributed by atoms with Crippen molar-refractivity contribution in [2.24, 2.45) is 0 Å². The van der Waals surface area contributed by atoms with Crippen LogP contribution in [0.2, 0.25) is 0 Å². The molecule has 0 bridgehead atoms. The molecule has 1 N–H and O–H groups in total. The molecule has 3 heterocycles. The van der Waals surface area contributed by atoms with Crippen molar-refractivity contribution in [3.63, 3.8) is 0 Å². The summed E-state index contributed by atoms with van der Waals surface area (Å²) in [4.78, 5) is 5.70. The number of hydrogen-bond donors (Lipinski definition) is 1. The van der Waals surface area contributed by atoms with Crippen LogP contribution in [0.15, 0.2) is 48.7 Å². The summed E-state index contributed by atoms with van der Waals surface area (Å²) in [6, 6.07) is 13.6. The summed E-state index contributed by atoms with van der Waals surface area (Å²) in [5, 5.41) is 8.97. The monoisotopic (exact) mass is 450 g/mol. The lowest BCUT2D eigenvalue weighted by atomic mass is 10.2. The molecule has 0 spiro atoms. The Morgan fingerprint density at radius 1 is 1.03 bits per heavy atom. The molecule has 2 aromatic carbocycles. The summed E-state index contributed by atoms with van der Waals surface area (Å²) in [5.74, 6) is 3.00. The number of rotatable bonds is 7. The second-order valence-electron chi connectivity index (χ2n) is 7.19. The molecular formula is C23H22N4O4S. The molecule has 0 radical (unpaired) electrons. The van der Waals surface area contributed by atoms with Gasteiger partial charge in [0.05, 0.1) is 30.5 Å². The minimum atomic E-state index is 0.252. The molecule has 2 aromatic heterocycles. The molecule has 0 amide bonds. The van der Waals surface area contributed by atoms with Crippen LogP contribution in [0.25, 0.3) is 16.3 Å². The Balaban J connectivity index is 1.33. The molecule has 32 heavy (non-hydrogen) atoms. The largest absolute Gasteiger partial charge is 0.497 e. The third-order valence-electron chi connectivity index (χ3n) is 5.09. The number of ether oxygens (including phenoxy) is 4. The van der Waals surface area contributed by atoms with E-state index < -0.39 is 0 Å². The smallest absolute Gasteiger partial charge is 0.231 e. The third kappa shape index (κ3) is 3.94. The summed E-state index contributed by atoms with van der Waals surface area (Å²) in [6.45, 7) is 2.85. The standard InChI is InChI=1S/C23H22N4O4S/c1-14-22(19-6-7-27(26-19)16-4-5-20-21(10-16)31-13-30-20)32-23(25-14)24-12-15-8-17(28-2)11-18(9-15)29-3/h4-11H,12-13H2,1-3H3,(H,24,25). The molecule has 0 saturated heterocycles. The van der Waals surface area contributed by atoms with Gasteiger partial charge in [-0.15, -0.1) is 0 Å². The quantitative estimate of drug-likeness (QED) is 0.439. The molecule has 0 fully saturated rings. The van der Waals surface area contributed by atoms with Crippen LogP contribution in [0.1, 0.15) is 11.3 Å². The number of hydrogen-bond acceptors (Lipinski definition) is 8. The fourth-order valence-corrected chi connectivity index (χ4v) is 4.40. The van der Waals surface area contributed by atoms with E-state index in [2.05, 4.69) is 10.3 Å². The minimum absolute atomic E-state index is 0.252. The van der Waals surface area contributed by atoms with Gasteiger partial charge in [-0.05, 0) is 42.8 Å². The summed E-state index contributed by atoms with van der Waals surface area (Å²) >= 11 is 1.58. The molecule has 0 atom stereocenters. The fourth-order valence-electron chi connectivity index (χ4n) is 3.47. The molecule has 1 aliphatic heterocycles. The first-order valence-corrected chi connectivity index (χ1v) is 10.8. The highest BCUT2D eigenvalue weighted by molar-refractivity contribution is 7.19. The van der Waals surface area contributed by atoms with E-state index in [-0.39, 0.29) is 6.79 Å². The van der Waals surface area contributed by atoms with Gasteiger partial charge in [0.1, 0.15) is 17.2 Å². The second kappa shape index (κ2) is 8.43. The Labute approximate surface area is 189 Å². The van der Waals surface area contributed by atoms with Crippen molar-refractivity contribution in [2.45, 2.75) is 13.5 Å². The maximum atomic E-state index is 5.47. The summed E-state index contributed by atoms with van der Waals surface area (Å²) in [7, 11) is 3.29. The van der Waals surface area contributed by atoms with Crippen LogP contribution in [0, 0.1) is 6.92 Å². The first-order chi connectivity index (χ1) is 15.6. The second-order valence-corrected chi connectivity index (χ2v) is 8.19. The molecule has 8 nitrogen and oxygen atoms in total. The number of fused-ring (bicyclic) bond motifs is 1. The van der Waals surface area contributed by atoms with Crippen LogP contribution in [0.3, 0.4) is 0 Å². The number of thiazole rings is 1. The average Bonchev–Trinajstić information content (AvgIpc) is 3.56. The lowest BCUT2D eigenvalue weighted by molar-refractivity contribution is 0.174. The van der Waals surface area contributed by atoms with Crippen molar-refractivity contribution in [1.29, 1.82) is 0 Å². The first-order valence-electron chi connectivity index (χ1n) is 10.0. The van der Waals surface area contributed by atoms with Gasteiger partial charge in [-0.1, -0.05) is 11.3 Å². The summed E-state index contributed by atoms with van der Waals surface area (Å²) < 4.78 is 23.4. The van der Waals surface area contributed by atoms with Crippen molar-refractivity contribution < 1.29 is 18.9 Å². The van der Waals surface area contributed by atoms with Gasteiger partial charge in [0.25, 0.3) is 0 Å². The van der Waals surface area contributed by atoms with E-state index in [0.717, 1.165) is 55.6 Å². The molecule has 4 aromatic rings. The fraction of sp³-hybridized carbons (Fsp3) is 0.217. The Morgan fingerprint density at radius 3 is 2.59 bits per heavy atom. The van der Waals surface area contributed by atoms with Crippen molar-refractivity contribution in [1.82, 2.24) is 14.8 Å². The van der Waals surface area contributed by atoms with Gasteiger partial charge in [0, 0.05) is 24.9 Å². The average molecular weight is 451 g/mol.